The number of hydrogen-bond donors (Lipinski definition) is 2. The van der Waals surface area contributed by atoms with Crippen LogP contribution in [0.15, 0.2) is 0 Å². The average Bonchev–Trinajstić information content (AvgIpc) is 2.39. The van der Waals surface area contributed by atoms with E-state index in [9.17, 15) is 0 Å². The lowest BCUT2D eigenvalue weighted by Gasteiger charge is -2.29. The zero-order chi connectivity index (χ0) is 13.9. The average molecular weight is 289 g/mol. The maximum Gasteiger partial charge on any atom is 0.166 e. The van der Waals surface area contributed by atoms with E-state index in [4.69, 9.17) is 21.7 Å². The van der Waals surface area contributed by atoms with Crippen molar-refractivity contribution < 1.29 is 9.47 Å². The van der Waals surface area contributed by atoms with Gasteiger partial charge in [-0.15, -0.1) is 0 Å². The van der Waals surface area contributed by atoms with E-state index in [0.717, 1.165) is 64.1 Å². The monoisotopic (exact) mass is 289 g/mol. The van der Waals surface area contributed by atoms with Crippen molar-refractivity contribution in [2.45, 2.75) is 26.3 Å². The SMILES string of the molecule is CCOCCCNC(=S)NC(C)CN1CCOCC1. The Hall–Kier alpha value is -0.430. The zero-order valence-electron chi connectivity index (χ0n) is 12.1. The van der Waals surface area contributed by atoms with E-state index >= 15 is 0 Å². The van der Waals surface area contributed by atoms with Crippen molar-refractivity contribution in [3.8, 4) is 0 Å². The van der Waals surface area contributed by atoms with Gasteiger partial charge in [0.1, 0.15) is 0 Å². The topological polar surface area (TPSA) is 45.8 Å². The van der Waals surface area contributed by atoms with Crippen LogP contribution in [0.25, 0.3) is 0 Å². The summed E-state index contributed by atoms with van der Waals surface area (Å²) in [4.78, 5) is 2.40. The molecule has 1 rings (SSSR count). The van der Waals surface area contributed by atoms with Gasteiger partial charge in [-0.1, -0.05) is 0 Å². The fraction of sp³-hybridized carbons (Fsp3) is 0.923. The van der Waals surface area contributed by atoms with Crippen molar-refractivity contribution in [2.24, 2.45) is 0 Å². The molecule has 0 saturated carbocycles. The highest BCUT2D eigenvalue weighted by Crippen LogP contribution is 1.98. The second-order valence-corrected chi connectivity index (χ2v) is 5.17. The summed E-state index contributed by atoms with van der Waals surface area (Å²) in [7, 11) is 0. The summed E-state index contributed by atoms with van der Waals surface area (Å²) in [6.07, 6.45) is 0.980. The van der Waals surface area contributed by atoms with Crippen molar-refractivity contribution in [1.29, 1.82) is 0 Å². The minimum absolute atomic E-state index is 0.352. The third kappa shape index (κ3) is 8.36. The number of nitrogens with zero attached hydrogens (tertiary/aromatic N) is 1. The normalized spacial score (nSPS) is 18.0. The Morgan fingerprint density at radius 3 is 2.84 bits per heavy atom. The van der Waals surface area contributed by atoms with E-state index in [1.807, 2.05) is 6.92 Å². The Balaban J connectivity index is 2.03. The second kappa shape index (κ2) is 10.4. The predicted molar refractivity (Wildman–Crippen MR) is 81.6 cm³/mol. The van der Waals surface area contributed by atoms with E-state index in [-0.39, 0.29) is 0 Å². The van der Waals surface area contributed by atoms with Gasteiger partial charge in [0.2, 0.25) is 0 Å². The summed E-state index contributed by atoms with van der Waals surface area (Å²) >= 11 is 5.27. The van der Waals surface area contributed by atoms with Gasteiger partial charge >= 0.3 is 0 Å². The van der Waals surface area contributed by atoms with Crippen molar-refractivity contribution in [3.63, 3.8) is 0 Å². The van der Waals surface area contributed by atoms with Crippen molar-refractivity contribution in [3.05, 3.63) is 0 Å². The number of morpholine rings is 1. The number of nitrogens with one attached hydrogen (secondary N) is 2. The summed E-state index contributed by atoms with van der Waals surface area (Å²) in [6.45, 7) is 11.3. The molecule has 0 aromatic carbocycles. The first-order chi connectivity index (χ1) is 9.22. The third-order valence-electron chi connectivity index (χ3n) is 2.97. The molecule has 1 heterocycles. The zero-order valence-corrected chi connectivity index (χ0v) is 12.9. The van der Waals surface area contributed by atoms with E-state index in [1.165, 1.54) is 0 Å². The summed E-state index contributed by atoms with van der Waals surface area (Å²) in [5.74, 6) is 0. The number of rotatable bonds is 8. The third-order valence-corrected chi connectivity index (χ3v) is 3.23. The van der Waals surface area contributed by atoms with Crippen LogP contribution in [-0.2, 0) is 9.47 Å². The molecule has 1 atom stereocenters. The van der Waals surface area contributed by atoms with E-state index < -0.39 is 0 Å². The largest absolute Gasteiger partial charge is 0.382 e. The smallest absolute Gasteiger partial charge is 0.166 e. The van der Waals surface area contributed by atoms with Crippen LogP contribution in [0.5, 0.6) is 0 Å². The predicted octanol–water partition coefficient (Wildman–Crippen LogP) is 0.598. The Morgan fingerprint density at radius 1 is 1.42 bits per heavy atom. The Kier molecular flexibility index (Phi) is 9.07. The molecule has 5 nitrogen and oxygen atoms in total. The first-order valence-electron chi connectivity index (χ1n) is 7.14. The lowest BCUT2D eigenvalue weighted by Crippen LogP contribution is -2.48. The second-order valence-electron chi connectivity index (χ2n) is 4.76. The van der Waals surface area contributed by atoms with Gasteiger partial charge in [-0.25, -0.2) is 0 Å². The Labute approximate surface area is 122 Å². The van der Waals surface area contributed by atoms with Gasteiger partial charge in [0.15, 0.2) is 5.11 Å². The molecule has 0 radical (unpaired) electrons. The van der Waals surface area contributed by atoms with Gasteiger partial charge < -0.3 is 20.1 Å². The van der Waals surface area contributed by atoms with Crippen LogP contribution in [0, 0.1) is 0 Å². The van der Waals surface area contributed by atoms with E-state index in [1.54, 1.807) is 0 Å². The standard InChI is InChI=1S/C13H27N3O2S/c1-3-17-8-4-5-14-13(19)15-12(2)11-16-6-9-18-10-7-16/h12H,3-11H2,1-2H3,(H2,14,15,19). The molecule has 1 saturated heterocycles. The van der Waals surface area contributed by atoms with Gasteiger partial charge in [0.25, 0.3) is 0 Å². The van der Waals surface area contributed by atoms with Crippen LogP contribution in [0.4, 0.5) is 0 Å². The van der Waals surface area contributed by atoms with Crippen molar-refractivity contribution in [1.82, 2.24) is 15.5 Å². The molecule has 1 aliphatic heterocycles. The van der Waals surface area contributed by atoms with Gasteiger partial charge in [0, 0.05) is 45.4 Å². The molecule has 2 N–H and O–H groups in total. The minimum atomic E-state index is 0.352. The fourth-order valence-corrected chi connectivity index (χ4v) is 2.32. The van der Waals surface area contributed by atoms with Gasteiger partial charge in [-0.3, -0.25) is 4.90 Å². The summed E-state index contributed by atoms with van der Waals surface area (Å²) < 4.78 is 10.6. The lowest BCUT2D eigenvalue weighted by molar-refractivity contribution is 0.0352. The van der Waals surface area contributed by atoms with Gasteiger partial charge in [0.05, 0.1) is 13.2 Å². The maximum absolute atomic E-state index is 5.34. The molecule has 1 aliphatic rings. The van der Waals surface area contributed by atoms with Crippen LogP contribution >= 0.6 is 12.2 Å². The number of ether oxygens (including phenoxy) is 2. The van der Waals surface area contributed by atoms with Crippen LogP contribution in [0.1, 0.15) is 20.3 Å². The van der Waals surface area contributed by atoms with Crippen LogP contribution < -0.4 is 10.6 Å². The number of thiocarbonyl (C=S) groups is 1. The Bertz CT molecular complexity index is 248. The summed E-state index contributed by atoms with van der Waals surface area (Å²) in [5.41, 5.74) is 0. The molecular weight excluding hydrogens is 262 g/mol. The molecule has 0 aromatic heterocycles. The van der Waals surface area contributed by atoms with Crippen LogP contribution in [-0.4, -0.2) is 68.7 Å². The molecule has 0 amide bonds. The van der Waals surface area contributed by atoms with E-state index in [0.29, 0.717) is 6.04 Å². The van der Waals surface area contributed by atoms with Crippen LogP contribution in [0.3, 0.4) is 0 Å². The minimum Gasteiger partial charge on any atom is -0.382 e. The maximum atomic E-state index is 5.34. The quantitative estimate of drug-likeness (QED) is 0.504. The fourth-order valence-electron chi connectivity index (χ4n) is 2.01. The molecule has 0 bridgehead atoms. The molecule has 1 unspecified atom stereocenters. The molecule has 0 aromatic rings. The molecule has 0 aliphatic carbocycles. The molecule has 19 heavy (non-hydrogen) atoms. The van der Waals surface area contributed by atoms with Crippen molar-refractivity contribution >= 4 is 17.3 Å². The molecule has 1 fully saturated rings. The number of hydrogen-bond acceptors (Lipinski definition) is 4. The van der Waals surface area contributed by atoms with E-state index in [2.05, 4.69) is 22.5 Å². The molecule has 6 heteroatoms. The van der Waals surface area contributed by atoms with Gasteiger partial charge in [-0.2, -0.15) is 0 Å². The molecule has 112 valence electrons. The first kappa shape index (κ1) is 16.6. The van der Waals surface area contributed by atoms with Crippen molar-refractivity contribution in [2.75, 3.05) is 52.6 Å². The highest BCUT2D eigenvalue weighted by Gasteiger charge is 2.13. The molecular formula is C13H27N3O2S. The highest BCUT2D eigenvalue weighted by molar-refractivity contribution is 7.80. The summed E-state index contributed by atoms with van der Waals surface area (Å²) in [6, 6.07) is 0.352. The van der Waals surface area contributed by atoms with Crippen LogP contribution in [0.2, 0.25) is 0 Å². The Morgan fingerprint density at radius 2 is 2.16 bits per heavy atom. The highest BCUT2D eigenvalue weighted by atomic mass is 32.1. The molecule has 0 spiro atoms. The first-order valence-corrected chi connectivity index (χ1v) is 7.55. The van der Waals surface area contributed by atoms with Gasteiger partial charge in [-0.05, 0) is 32.5 Å². The summed E-state index contributed by atoms with van der Waals surface area (Å²) in [5, 5.41) is 7.26. The lowest BCUT2D eigenvalue weighted by atomic mass is 10.3.